The van der Waals surface area contributed by atoms with Crippen molar-refractivity contribution in [1.29, 1.82) is 0 Å². The molecule has 4 N–H and O–H groups in total. The first-order valence-electron chi connectivity index (χ1n) is 8.33. The highest BCUT2D eigenvalue weighted by atomic mass is 32.2. The minimum Gasteiger partial charge on any atom is -0.394 e. The van der Waals surface area contributed by atoms with E-state index in [0.717, 1.165) is 10.6 Å². The number of anilines is 2. The van der Waals surface area contributed by atoms with E-state index in [1.165, 1.54) is 17.2 Å². The highest BCUT2D eigenvalue weighted by Gasteiger charge is 2.44. The topological polar surface area (TPSA) is 126 Å². The Labute approximate surface area is 159 Å². The number of aromatic nitrogens is 4. The number of rotatable bonds is 5. The van der Waals surface area contributed by atoms with Gasteiger partial charge in [-0.25, -0.2) is 15.0 Å². The number of benzene rings is 1. The Hall–Kier alpha value is -2.24. The van der Waals surface area contributed by atoms with Crippen LogP contribution >= 0.6 is 11.8 Å². The van der Waals surface area contributed by atoms with Gasteiger partial charge in [-0.05, 0) is 30.5 Å². The van der Waals surface area contributed by atoms with Crippen molar-refractivity contribution < 1.29 is 20.1 Å². The molecule has 0 amide bonds. The average molecular weight is 389 g/mol. The molecule has 142 valence electrons. The number of thioether (sulfide) groups is 1. The fourth-order valence-electron chi connectivity index (χ4n) is 3.05. The van der Waals surface area contributed by atoms with E-state index in [9.17, 15) is 15.3 Å². The summed E-state index contributed by atoms with van der Waals surface area (Å²) >= 11 is 1.66. The largest absolute Gasteiger partial charge is 0.394 e. The molecule has 1 saturated heterocycles. The lowest BCUT2D eigenvalue weighted by molar-refractivity contribution is -0.0511. The van der Waals surface area contributed by atoms with Crippen LogP contribution in [0.1, 0.15) is 6.23 Å². The van der Waals surface area contributed by atoms with Gasteiger partial charge in [-0.3, -0.25) is 4.57 Å². The van der Waals surface area contributed by atoms with Gasteiger partial charge in [0, 0.05) is 10.6 Å². The molecule has 1 fully saturated rings. The van der Waals surface area contributed by atoms with E-state index in [1.807, 2.05) is 30.5 Å². The fourth-order valence-corrected chi connectivity index (χ4v) is 3.46. The smallest absolute Gasteiger partial charge is 0.167 e. The quantitative estimate of drug-likeness (QED) is 0.471. The SMILES string of the molecule is CSc1ccc(Nc2ncnc3c2ncn3[C@@H]2O[C@H](CO)[C@@H](O)[C@H]2O)cc1. The summed E-state index contributed by atoms with van der Waals surface area (Å²) < 4.78 is 7.09. The van der Waals surface area contributed by atoms with E-state index in [1.54, 1.807) is 11.8 Å². The molecule has 0 spiro atoms. The lowest BCUT2D eigenvalue weighted by Gasteiger charge is -2.16. The third-order valence-corrected chi connectivity index (χ3v) is 5.25. The van der Waals surface area contributed by atoms with Crippen LogP contribution in [0.3, 0.4) is 0 Å². The van der Waals surface area contributed by atoms with Gasteiger partial charge in [0.1, 0.15) is 24.6 Å². The number of imidazole rings is 1. The van der Waals surface area contributed by atoms with Crippen molar-refractivity contribution in [1.82, 2.24) is 19.5 Å². The average Bonchev–Trinajstić information content (AvgIpc) is 3.25. The molecule has 0 saturated carbocycles. The number of nitrogens with one attached hydrogen (secondary N) is 1. The third kappa shape index (κ3) is 3.26. The lowest BCUT2D eigenvalue weighted by Crippen LogP contribution is -2.33. The van der Waals surface area contributed by atoms with Crippen LogP contribution in [0.25, 0.3) is 11.2 Å². The van der Waals surface area contributed by atoms with E-state index in [4.69, 9.17) is 4.74 Å². The van der Waals surface area contributed by atoms with Crippen LogP contribution in [0.2, 0.25) is 0 Å². The summed E-state index contributed by atoms with van der Waals surface area (Å²) in [6, 6.07) is 7.90. The van der Waals surface area contributed by atoms with Crippen molar-refractivity contribution in [2.24, 2.45) is 0 Å². The second-order valence-electron chi connectivity index (χ2n) is 6.13. The van der Waals surface area contributed by atoms with E-state index in [0.29, 0.717) is 17.0 Å². The molecule has 4 rings (SSSR count). The third-order valence-electron chi connectivity index (χ3n) is 4.50. The monoisotopic (exact) mass is 389 g/mol. The van der Waals surface area contributed by atoms with Crippen molar-refractivity contribution in [2.75, 3.05) is 18.2 Å². The standard InChI is InChI=1S/C17H19N5O4S/c1-27-10-4-2-9(3-5-10)21-15-12-16(19-7-18-15)22(8-20-12)17-14(25)13(24)11(6-23)26-17/h2-5,7-8,11,13-14,17,23-25H,6H2,1H3,(H,18,19,21)/t11-,13-,14-,17-/m1/s1. The summed E-state index contributed by atoms with van der Waals surface area (Å²) in [4.78, 5) is 14.0. The molecule has 0 unspecified atom stereocenters. The maximum atomic E-state index is 10.2. The Bertz CT molecular complexity index is 935. The molecule has 0 bridgehead atoms. The first kappa shape index (κ1) is 18.1. The number of hydrogen-bond acceptors (Lipinski definition) is 9. The first-order valence-corrected chi connectivity index (χ1v) is 9.56. The van der Waals surface area contributed by atoms with Crippen molar-refractivity contribution in [3.63, 3.8) is 0 Å². The Kier molecular flexibility index (Phi) is 4.98. The molecular formula is C17H19N5O4S. The number of nitrogens with zero attached hydrogens (tertiary/aromatic N) is 4. The van der Waals surface area contributed by atoms with E-state index >= 15 is 0 Å². The zero-order valence-electron chi connectivity index (χ0n) is 14.4. The molecular weight excluding hydrogens is 370 g/mol. The highest BCUT2D eigenvalue weighted by Crippen LogP contribution is 2.32. The summed E-state index contributed by atoms with van der Waals surface area (Å²) in [6.07, 6.45) is 0.725. The van der Waals surface area contributed by atoms with Gasteiger partial charge >= 0.3 is 0 Å². The molecule has 0 radical (unpaired) electrons. The molecule has 0 aliphatic carbocycles. The summed E-state index contributed by atoms with van der Waals surface area (Å²) in [5.41, 5.74) is 1.81. The predicted octanol–water partition coefficient (Wildman–Crippen LogP) is 0.903. The second kappa shape index (κ2) is 7.41. The van der Waals surface area contributed by atoms with Gasteiger partial charge in [0.05, 0.1) is 12.9 Å². The minimum absolute atomic E-state index is 0.394. The highest BCUT2D eigenvalue weighted by molar-refractivity contribution is 7.98. The van der Waals surface area contributed by atoms with Crippen LogP contribution in [0.15, 0.2) is 41.8 Å². The predicted molar refractivity (Wildman–Crippen MR) is 99.8 cm³/mol. The van der Waals surface area contributed by atoms with Gasteiger partial charge in [0.15, 0.2) is 23.2 Å². The van der Waals surface area contributed by atoms with Gasteiger partial charge < -0.3 is 25.4 Å². The molecule has 27 heavy (non-hydrogen) atoms. The Morgan fingerprint density at radius 1 is 1.15 bits per heavy atom. The number of aliphatic hydroxyl groups excluding tert-OH is 3. The van der Waals surface area contributed by atoms with Crippen molar-refractivity contribution >= 4 is 34.4 Å². The molecule has 1 aromatic carbocycles. The molecule has 1 aliphatic heterocycles. The van der Waals surface area contributed by atoms with Gasteiger partial charge in [-0.2, -0.15) is 0 Å². The maximum Gasteiger partial charge on any atom is 0.167 e. The molecule has 2 aromatic heterocycles. The van der Waals surface area contributed by atoms with E-state index < -0.39 is 31.1 Å². The number of aliphatic hydroxyl groups is 3. The first-order chi connectivity index (χ1) is 13.1. The normalized spacial score (nSPS) is 25.2. The zero-order valence-corrected chi connectivity index (χ0v) is 15.2. The van der Waals surface area contributed by atoms with Crippen molar-refractivity contribution in [3.8, 4) is 0 Å². The maximum absolute atomic E-state index is 10.2. The second-order valence-corrected chi connectivity index (χ2v) is 7.01. The van der Waals surface area contributed by atoms with Crippen LogP contribution in [0.4, 0.5) is 11.5 Å². The summed E-state index contributed by atoms with van der Waals surface area (Å²) in [7, 11) is 0. The molecule has 10 heteroatoms. The molecule has 3 aromatic rings. The van der Waals surface area contributed by atoms with Crippen LogP contribution < -0.4 is 5.32 Å². The lowest BCUT2D eigenvalue weighted by atomic mass is 10.1. The molecule has 9 nitrogen and oxygen atoms in total. The summed E-state index contributed by atoms with van der Waals surface area (Å²) in [5, 5.41) is 32.7. The Morgan fingerprint density at radius 3 is 2.59 bits per heavy atom. The molecule has 1 aliphatic rings. The van der Waals surface area contributed by atoms with Gasteiger partial charge in [0.2, 0.25) is 0 Å². The summed E-state index contributed by atoms with van der Waals surface area (Å²) in [5.74, 6) is 0.516. The van der Waals surface area contributed by atoms with E-state index in [-0.39, 0.29) is 0 Å². The Morgan fingerprint density at radius 2 is 1.93 bits per heavy atom. The zero-order chi connectivity index (χ0) is 19.0. The van der Waals surface area contributed by atoms with Crippen molar-refractivity contribution in [3.05, 3.63) is 36.9 Å². The fraction of sp³-hybridized carbons (Fsp3) is 0.353. The van der Waals surface area contributed by atoms with Crippen molar-refractivity contribution in [2.45, 2.75) is 29.4 Å². The minimum atomic E-state index is -1.20. The number of fused-ring (bicyclic) bond motifs is 1. The van der Waals surface area contributed by atoms with Gasteiger partial charge in [-0.1, -0.05) is 0 Å². The molecule has 3 heterocycles. The number of ether oxygens (including phenoxy) is 1. The van der Waals surface area contributed by atoms with Crippen LogP contribution in [-0.4, -0.2) is 66.0 Å². The summed E-state index contributed by atoms with van der Waals surface area (Å²) in [6.45, 7) is -0.394. The molecule has 4 atom stereocenters. The number of hydrogen-bond donors (Lipinski definition) is 4. The van der Waals surface area contributed by atoms with Gasteiger partial charge in [0.25, 0.3) is 0 Å². The van der Waals surface area contributed by atoms with Crippen LogP contribution in [0.5, 0.6) is 0 Å². The van der Waals surface area contributed by atoms with Crippen LogP contribution in [-0.2, 0) is 4.74 Å². The van der Waals surface area contributed by atoms with E-state index in [2.05, 4.69) is 20.3 Å². The van der Waals surface area contributed by atoms with Crippen LogP contribution in [0, 0.1) is 0 Å². The Balaban J connectivity index is 1.65. The van der Waals surface area contributed by atoms with Gasteiger partial charge in [-0.15, -0.1) is 11.8 Å².